The highest BCUT2D eigenvalue weighted by atomic mass is 16.3. The number of carbonyl (C=O) groups is 1. The predicted molar refractivity (Wildman–Crippen MR) is 71.2 cm³/mol. The number of aliphatic hydroxyl groups excluding tert-OH is 2. The molecule has 0 spiro atoms. The van der Waals surface area contributed by atoms with E-state index < -0.39 is 12.2 Å². The zero-order valence-corrected chi connectivity index (χ0v) is 11.3. The van der Waals surface area contributed by atoms with Crippen molar-refractivity contribution in [2.24, 2.45) is 7.05 Å². The molecule has 2 aromatic rings. The third kappa shape index (κ3) is 1.95. The Morgan fingerprint density at radius 3 is 2.65 bits per heavy atom. The largest absolute Gasteiger partial charge is 0.388 e. The van der Waals surface area contributed by atoms with Gasteiger partial charge in [0, 0.05) is 31.7 Å². The molecule has 7 nitrogen and oxygen atoms in total. The summed E-state index contributed by atoms with van der Waals surface area (Å²) in [5.41, 5.74) is 1.97. The Hall–Kier alpha value is -1.99. The average molecular weight is 276 g/mol. The maximum absolute atomic E-state index is 12.3. The molecule has 7 heteroatoms. The van der Waals surface area contributed by atoms with Gasteiger partial charge in [0.25, 0.3) is 5.91 Å². The smallest absolute Gasteiger partial charge is 0.255 e. The fourth-order valence-corrected chi connectivity index (χ4v) is 2.54. The van der Waals surface area contributed by atoms with Gasteiger partial charge in [-0.2, -0.15) is 5.10 Å². The molecule has 0 aliphatic carbocycles. The average Bonchev–Trinajstić information content (AvgIpc) is 2.90. The van der Waals surface area contributed by atoms with Crippen molar-refractivity contribution in [2.75, 3.05) is 13.1 Å². The molecule has 2 unspecified atom stereocenters. The molecule has 106 valence electrons. The Bertz CT molecular complexity index is 672. The van der Waals surface area contributed by atoms with Gasteiger partial charge in [-0.05, 0) is 13.0 Å². The zero-order valence-electron chi connectivity index (χ0n) is 11.3. The summed E-state index contributed by atoms with van der Waals surface area (Å²) in [4.78, 5) is 18.0. The minimum atomic E-state index is -0.879. The van der Waals surface area contributed by atoms with Gasteiger partial charge in [0.1, 0.15) is 0 Å². The van der Waals surface area contributed by atoms with E-state index in [1.54, 1.807) is 17.8 Å². The van der Waals surface area contributed by atoms with Crippen molar-refractivity contribution in [1.29, 1.82) is 0 Å². The number of likely N-dealkylation sites (tertiary alicyclic amines) is 1. The first-order valence-electron chi connectivity index (χ1n) is 6.42. The Morgan fingerprint density at radius 1 is 1.35 bits per heavy atom. The number of hydrogen-bond donors (Lipinski definition) is 2. The number of aromatic nitrogens is 3. The van der Waals surface area contributed by atoms with E-state index in [9.17, 15) is 15.0 Å². The van der Waals surface area contributed by atoms with Gasteiger partial charge in [-0.1, -0.05) is 0 Å². The normalized spacial score (nSPS) is 22.7. The maximum atomic E-state index is 12.3. The summed E-state index contributed by atoms with van der Waals surface area (Å²) in [6.07, 6.45) is -0.255. The van der Waals surface area contributed by atoms with Gasteiger partial charge in [-0.15, -0.1) is 0 Å². The van der Waals surface area contributed by atoms with Crippen LogP contribution in [0.5, 0.6) is 0 Å². The Labute approximate surface area is 115 Å². The Morgan fingerprint density at radius 2 is 2.00 bits per heavy atom. The van der Waals surface area contributed by atoms with Crippen LogP contribution in [-0.2, 0) is 7.05 Å². The van der Waals surface area contributed by atoms with Crippen molar-refractivity contribution < 1.29 is 15.0 Å². The predicted octanol–water partition coefficient (Wildman–Crippen LogP) is -0.546. The first-order valence-corrected chi connectivity index (χ1v) is 6.42. The molecule has 1 aliphatic heterocycles. The lowest BCUT2D eigenvalue weighted by Crippen LogP contribution is -2.29. The Kier molecular flexibility index (Phi) is 2.95. The third-order valence-corrected chi connectivity index (χ3v) is 3.66. The summed E-state index contributed by atoms with van der Waals surface area (Å²) in [7, 11) is 1.80. The van der Waals surface area contributed by atoms with Gasteiger partial charge in [0.2, 0.25) is 0 Å². The second kappa shape index (κ2) is 4.53. The second-order valence-corrected chi connectivity index (χ2v) is 5.15. The molecular formula is C13H16N4O3. The fraction of sp³-hybridized carbons (Fsp3) is 0.462. The number of carbonyl (C=O) groups excluding carboxylic acids is 1. The number of β-amino-alcohol motifs (C(OH)–C–C–N with tert-alkyl or cyclic N) is 2. The number of hydrogen-bond acceptors (Lipinski definition) is 5. The summed E-state index contributed by atoms with van der Waals surface area (Å²) < 4.78 is 1.67. The summed E-state index contributed by atoms with van der Waals surface area (Å²) in [5.74, 6) is -0.238. The minimum absolute atomic E-state index is 0.143. The van der Waals surface area contributed by atoms with Crippen molar-refractivity contribution in [3.63, 3.8) is 0 Å². The van der Waals surface area contributed by atoms with Crippen LogP contribution < -0.4 is 0 Å². The molecule has 0 saturated carbocycles. The van der Waals surface area contributed by atoms with Crippen LogP contribution in [0.3, 0.4) is 0 Å². The molecule has 1 fully saturated rings. The van der Waals surface area contributed by atoms with Gasteiger partial charge in [0.15, 0.2) is 5.65 Å². The molecule has 0 radical (unpaired) electrons. The van der Waals surface area contributed by atoms with Crippen LogP contribution in [0.4, 0.5) is 0 Å². The molecule has 0 aromatic carbocycles. The van der Waals surface area contributed by atoms with Crippen molar-refractivity contribution in [3.8, 4) is 0 Å². The molecular weight excluding hydrogens is 260 g/mol. The summed E-state index contributed by atoms with van der Waals surface area (Å²) in [6.45, 7) is 2.15. The number of nitrogens with zero attached hydrogens (tertiary/aromatic N) is 4. The van der Waals surface area contributed by atoms with E-state index in [1.807, 2.05) is 6.92 Å². The summed E-state index contributed by atoms with van der Waals surface area (Å²) in [6, 6.07) is 1.75. The highest BCUT2D eigenvalue weighted by Gasteiger charge is 2.33. The lowest BCUT2D eigenvalue weighted by atomic mass is 10.2. The fourth-order valence-electron chi connectivity index (χ4n) is 2.54. The molecule has 0 bridgehead atoms. The second-order valence-electron chi connectivity index (χ2n) is 5.15. The van der Waals surface area contributed by atoms with Crippen LogP contribution in [0.15, 0.2) is 12.3 Å². The van der Waals surface area contributed by atoms with Crippen molar-refractivity contribution in [1.82, 2.24) is 19.7 Å². The van der Waals surface area contributed by atoms with Crippen molar-refractivity contribution in [2.45, 2.75) is 19.1 Å². The molecule has 1 saturated heterocycles. The molecule has 2 atom stereocenters. The quantitative estimate of drug-likeness (QED) is 0.729. The number of aliphatic hydroxyl groups is 2. The van der Waals surface area contributed by atoms with E-state index in [4.69, 9.17) is 0 Å². The van der Waals surface area contributed by atoms with E-state index in [2.05, 4.69) is 10.1 Å². The van der Waals surface area contributed by atoms with E-state index >= 15 is 0 Å². The van der Waals surface area contributed by atoms with E-state index in [0.717, 1.165) is 16.7 Å². The number of rotatable bonds is 1. The number of amides is 1. The third-order valence-electron chi connectivity index (χ3n) is 3.66. The van der Waals surface area contributed by atoms with Gasteiger partial charge in [-0.3, -0.25) is 9.48 Å². The van der Waals surface area contributed by atoms with Gasteiger partial charge in [-0.25, -0.2) is 4.98 Å². The highest BCUT2D eigenvalue weighted by Crippen LogP contribution is 2.19. The highest BCUT2D eigenvalue weighted by molar-refractivity contribution is 5.97. The SMILES string of the molecule is Cc1nn(C)c2ncc(C(=O)N3CC(O)C(O)C3)cc12. The van der Waals surface area contributed by atoms with Crippen LogP contribution >= 0.6 is 0 Å². The summed E-state index contributed by atoms with van der Waals surface area (Å²) >= 11 is 0. The standard InChI is InChI=1S/C13H16N4O3/c1-7-9-3-8(4-14-12(9)16(2)15-7)13(20)17-5-10(18)11(19)6-17/h3-4,10-11,18-19H,5-6H2,1-2H3. The topological polar surface area (TPSA) is 91.5 Å². The van der Waals surface area contributed by atoms with Crippen LogP contribution in [0.1, 0.15) is 16.1 Å². The van der Waals surface area contributed by atoms with Gasteiger partial charge < -0.3 is 15.1 Å². The molecule has 1 amide bonds. The number of aryl methyl sites for hydroxylation is 2. The van der Waals surface area contributed by atoms with E-state index in [-0.39, 0.29) is 19.0 Å². The Balaban J connectivity index is 1.94. The monoisotopic (exact) mass is 276 g/mol. The molecule has 2 aromatic heterocycles. The molecule has 3 rings (SSSR count). The lowest BCUT2D eigenvalue weighted by Gasteiger charge is -2.15. The van der Waals surface area contributed by atoms with Crippen molar-refractivity contribution >= 4 is 16.9 Å². The molecule has 1 aliphatic rings. The van der Waals surface area contributed by atoms with Crippen LogP contribution in [0.25, 0.3) is 11.0 Å². The van der Waals surface area contributed by atoms with Crippen molar-refractivity contribution in [3.05, 3.63) is 23.5 Å². The first kappa shape index (κ1) is 13.0. The number of pyridine rings is 1. The van der Waals surface area contributed by atoms with Crippen LogP contribution in [0.2, 0.25) is 0 Å². The van der Waals surface area contributed by atoms with E-state index in [0.29, 0.717) is 5.56 Å². The first-order chi connectivity index (χ1) is 9.47. The van der Waals surface area contributed by atoms with Crippen LogP contribution in [0, 0.1) is 6.92 Å². The molecule has 3 heterocycles. The van der Waals surface area contributed by atoms with E-state index in [1.165, 1.54) is 11.1 Å². The zero-order chi connectivity index (χ0) is 14.4. The molecule has 2 N–H and O–H groups in total. The maximum Gasteiger partial charge on any atom is 0.255 e. The lowest BCUT2D eigenvalue weighted by molar-refractivity contribution is 0.0572. The van der Waals surface area contributed by atoms with Gasteiger partial charge >= 0.3 is 0 Å². The molecule has 20 heavy (non-hydrogen) atoms. The summed E-state index contributed by atoms with van der Waals surface area (Å²) in [5, 5.41) is 24.1. The minimum Gasteiger partial charge on any atom is -0.388 e. The van der Waals surface area contributed by atoms with Gasteiger partial charge in [0.05, 0.1) is 23.5 Å². The number of fused-ring (bicyclic) bond motifs is 1. The van der Waals surface area contributed by atoms with Crippen LogP contribution in [-0.4, -0.2) is 61.1 Å².